The number of anilines is 1. The third-order valence-corrected chi connectivity index (χ3v) is 5.38. The zero-order chi connectivity index (χ0) is 19.0. The molecule has 1 aliphatic heterocycles. The number of rotatable bonds is 4. The first-order chi connectivity index (χ1) is 11.4. The highest BCUT2D eigenvalue weighted by Crippen LogP contribution is 2.39. The van der Waals surface area contributed by atoms with Gasteiger partial charge in [-0.25, -0.2) is 8.78 Å². The first kappa shape index (κ1) is 19.9. The summed E-state index contributed by atoms with van der Waals surface area (Å²) in [5.74, 6) is -1.81. The van der Waals surface area contributed by atoms with Crippen LogP contribution in [0.1, 0.15) is 40.2 Å². The molecule has 1 aromatic rings. The van der Waals surface area contributed by atoms with Crippen molar-refractivity contribution < 1.29 is 22.9 Å². The second-order valence-corrected chi connectivity index (χ2v) is 8.10. The average Bonchev–Trinajstić information content (AvgIpc) is 2.70. The molecule has 0 radical (unpaired) electrons. The van der Waals surface area contributed by atoms with Crippen molar-refractivity contribution >= 4 is 35.8 Å². The van der Waals surface area contributed by atoms with Crippen molar-refractivity contribution in [1.29, 1.82) is 0 Å². The highest BCUT2D eigenvalue weighted by atomic mass is 32.2. The zero-order valence-electron chi connectivity index (χ0n) is 15.0. The summed E-state index contributed by atoms with van der Waals surface area (Å²) in [6, 6.07) is 2.27. The predicted octanol–water partition coefficient (Wildman–Crippen LogP) is 3.84. The fraction of sp³-hybridized carbons (Fsp3) is 0.471. The highest BCUT2D eigenvalue weighted by Gasteiger charge is 2.52. The molecule has 0 atom stereocenters. The summed E-state index contributed by atoms with van der Waals surface area (Å²) >= 11 is 1.04. The molecule has 4 nitrogen and oxygen atoms in total. The molecule has 2 N–H and O–H groups in total. The van der Waals surface area contributed by atoms with Crippen LogP contribution in [0.3, 0.4) is 0 Å². The van der Waals surface area contributed by atoms with Crippen LogP contribution in [0.2, 0.25) is 0 Å². The van der Waals surface area contributed by atoms with Gasteiger partial charge in [0.25, 0.3) is 0 Å². The number of hydrogen-bond donors (Lipinski definition) is 1. The Morgan fingerprint density at radius 3 is 2.32 bits per heavy atom. The van der Waals surface area contributed by atoms with E-state index < -0.39 is 30.0 Å². The van der Waals surface area contributed by atoms with Gasteiger partial charge in [0.2, 0.25) is 0 Å². The van der Waals surface area contributed by atoms with Crippen LogP contribution in [0, 0.1) is 11.6 Å². The van der Waals surface area contributed by atoms with E-state index in [0.717, 1.165) is 17.8 Å². The van der Waals surface area contributed by atoms with Crippen LogP contribution in [-0.4, -0.2) is 29.2 Å². The fourth-order valence-electron chi connectivity index (χ4n) is 2.27. The molecule has 0 aromatic heterocycles. The van der Waals surface area contributed by atoms with Gasteiger partial charge in [-0.15, -0.1) is 0 Å². The van der Waals surface area contributed by atoms with Gasteiger partial charge in [-0.3, -0.25) is 4.79 Å². The quantitative estimate of drug-likeness (QED) is 0.646. The van der Waals surface area contributed by atoms with Crippen LogP contribution >= 0.6 is 11.8 Å². The van der Waals surface area contributed by atoms with Crippen molar-refractivity contribution in [1.82, 2.24) is 0 Å². The van der Waals surface area contributed by atoms with Gasteiger partial charge in [-0.2, -0.15) is 0 Å². The van der Waals surface area contributed by atoms with E-state index in [1.165, 1.54) is 19.1 Å². The maximum atomic E-state index is 14.2. The molecule has 2 rings (SSSR count). The molecule has 25 heavy (non-hydrogen) atoms. The summed E-state index contributed by atoms with van der Waals surface area (Å²) in [7, 11) is -0.779. The summed E-state index contributed by atoms with van der Waals surface area (Å²) in [4.78, 5) is 11.4. The Morgan fingerprint density at radius 1 is 1.24 bits per heavy atom. The summed E-state index contributed by atoms with van der Waals surface area (Å²) < 4.78 is 39.7. The molecular weight excluding hydrogens is 347 g/mol. The van der Waals surface area contributed by atoms with Gasteiger partial charge in [0.1, 0.15) is 0 Å². The van der Waals surface area contributed by atoms with Gasteiger partial charge in [0, 0.05) is 23.9 Å². The highest BCUT2D eigenvalue weighted by molar-refractivity contribution is 8.13. The standard InChI is InChI=1S/C17H22BF2NO3S/c1-10(22)25-9-11(18-23-16(2,3)17(4,5)24-18)8-12-14(21)7-6-13(19)15(12)20/h6-8H,9,21H2,1-5H3. The van der Waals surface area contributed by atoms with Gasteiger partial charge in [0.15, 0.2) is 16.7 Å². The van der Waals surface area contributed by atoms with Gasteiger partial charge < -0.3 is 15.0 Å². The SMILES string of the molecule is CC(=O)SCC(=Cc1c(N)ccc(F)c1F)B1OC(C)(C)C(C)(C)O1. The number of carbonyl (C=O) groups excluding carboxylic acids is 1. The van der Waals surface area contributed by atoms with E-state index in [-0.39, 0.29) is 22.1 Å². The van der Waals surface area contributed by atoms with E-state index >= 15 is 0 Å². The number of nitrogens with two attached hydrogens (primary N) is 1. The minimum atomic E-state index is -1.04. The first-order valence-corrected chi connectivity index (χ1v) is 8.86. The van der Waals surface area contributed by atoms with Crippen LogP contribution in [0.4, 0.5) is 14.5 Å². The minimum absolute atomic E-state index is 0.0751. The maximum Gasteiger partial charge on any atom is 0.491 e. The Bertz CT molecular complexity index is 706. The Labute approximate surface area is 151 Å². The molecule has 1 saturated heterocycles. The summed E-state index contributed by atoms with van der Waals surface area (Å²) in [6.45, 7) is 8.99. The van der Waals surface area contributed by atoms with Crippen LogP contribution in [0.15, 0.2) is 17.6 Å². The van der Waals surface area contributed by atoms with Crippen LogP contribution in [-0.2, 0) is 14.1 Å². The molecule has 1 heterocycles. The Hall–Kier alpha value is -1.38. The molecule has 8 heteroatoms. The van der Waals surface area contributed by atoms with Gasteiger partial charge >= 0.3 is 7.12 Å². The van der Waals surface area contributed by atoms with Crippen molar-refractivity contribution in [3.05, 3.63) is 34.8 Å². The lowest BCUT2D eigenvalue weighted by molar-refractivity contribution is -0.109. The zero-order valence-corrected chi connectivity index (χ0v) is 15.8. The van der Waals surface area contributed by atoms with Crippen molar-refractivity contribution in [3.8, 4) is 0 Å². The number of thioether (sulfide) groups is 1. The number of carbonyl (C=O) groups is 1. The third kappa shape index (κ3) is 4.24. The fourth-order valence-corrected chi connectivity index (χ4v) is 2.86. The number of benzene rings is 1. The number of nitrogen functional groups attached to an aromatic ring is 1. The topological polar surface area (TPSA) is 61.6 Å². The minimum Gasteiger partial charge on any atom is -0.400 e. The summed E-state index contributed by atoms with van der Waals surface area (Å²) in [6.07, 6.45) is 1.41. The van der Waals surface area contributed by atoms with Crippen LogP contribution < -0.4 is 5.73 Å². The van der Waals surface area contributed by atoms with E-state index in [1.54, 1.807) is 0 Å². The number of halogens is 2. The normalized spacial score (nSPS) is 19.3. The smallest absolute Gasteiger partial charge is 0.400 e. The predicted molar refractivity (Wildman–Crippen MR) is 98.0 cm³/mol. The van der Waals surface area contributed by atoms with E-state index in [0.29, 0.717) is 5.47 Å². The molecule has 1 aliphatic rings. The van der Waals surface area contributed by atoms with Crippen molar-refractivity contribution in [3.63, 3.8) is 0 Å². The molecular formula is C17H22BF2NO3S. The lowest BCUT2D eigenvalue weighted by atomic mass is 9.78. The van der Waals surface area contributed by atoms with Gasteiger partial charge in [0.05, 0.1) is 11.2 Å². The third-order valence-electron chi connectivity index (χ3n) is 4.49. The van der Waals surface area contributed by atoms with E-state index in [9.17, 15) is 13.6 Å². The lowest BCUT2D eigenvalue weighted by Gasteiger charge is -2.32. The summed E-state index contributed by atoms with van der Waals surface area (Å²) in [5.41, 5.74) is 5.14. The molecule has 0 saturated carbocycles. The summed E-state index contributed by atoms with van der Waals surface area (Å²) in [5, 5.41) is -0.102. The Morgan fingerprint density at radius 2 is 1.80 bits per heavy atom. The Balaban J connectivity index is 2.44. The molecule has 136 valence electrons. The van der Waals surface area contributed by atoms with Gasteiger partial charge in [-0.05, 0) is 45.3 Å². The average molecular weight is 369 g/mol. The number of hydrogen-bond acceptors (Lipinski definition) is 5. The Kier molecular flexibility index (Phi) is 5.66. The van der Waals surface area contributed by atoms with E-state index in [1.807, 2.05) is 27.7 Å². The molecule has 0 spiro atoms. The largest absolute Gasteiger partial charge is 0.491 e. The van der Waals surface area contributed by atoms with E-state index in [2.05, 4.69) is 0 Å². The second-order valence-electron chi connectivity index (χ2n) is 6.95. The maximum absolute atomic E-state index is 14.2. The molecule has 0 aliphatic carbocycles. The molecule has 1 fully saturated rings. The first-order valence-electron chi connectivity index (χ1n) is 7.87. The van der Waals surface area contributed by atoms with Crippen molar-refractivity contribution in [2.45, 2.75) is 45.8 Å². The lowest BCUT2D eigenvalue weighted by Crippen LogP contribution is -2.41. The van der Waals surface area contributed by atoms with Crippen molar-refractivity contribution in [2.75, 3.05) is 11.5 Å². The van der Waals surface area contributed by atoms with Gasteiger partial charge in [-0.1, -0.05) is 17.8 Å². The molecule has 0 bridgehead atoms. The second kappa shape index (κ2) is 7.09. The monoisotopic (exact) mass is 369 g/mol. The van der Waals surface area contributed by atoms with E-state index in [4.69, 9.17) is 15.0 Å². The van der Waals surface area contributed by atoms with Crippen LogP contribution in [0.25, 0.3) is 6.08 Å². The molecule has 1 aromatic carbocycles. The van der Waals surface area contributed by atoms with Crippen LogP contribution in [0.5, 0.6) is 0 Å². The molecule has 0 amide bonds. The molecule has 0 unspecified atom stereocenters. The van der Waals surface area contributed by atoms with Crippen molar-refractivity contribution in [2.24, 2.45) is 0 Å².